The summed E-state index contributed by atoms with van der Waals surface area (Å²) in [5.41, 5.74) is 1.95. The summed E-state index contributed by atoms with van der Waals surface area (Å²) in [6, 6.07) is 0. The monoisotopic (exact) mass is 276 g/mol. The van der Waals surface area contributed by atoms with E-state index in [9.17, 15) is 4.79 Å². The van der Waals surface area contributed by atoms with Gasteiger partial charge in [-0.05, 0) is 62.5 Å². The van der Waals surface area contributed by atoms with E-state index in [0.29, 0.717) is 17.7 Å². The first-order chi connectivity index (χ1) is 9.55. The van der Waals surface area contributed by atoms with Crippen molar-refractivity contribution in [2.45, 2.75) is 51.0 Å². The molecule has 4 aliphatic carbocycles. The third kappa shape index (κ3) is 1.49. The molecule has 1 aromatic heterocycles. The molecule has 4 fully saturated rings. The number of rotatable bonds is 2. The number of carbonyl (C=O) groups is 1. The number of nitrogens with two attached hydrogens (primary N) is 1. The van der Waals surface area contributed by atoms with Gasteiger partial charge in [-0.25, -0.2) is 5.84 Å². The highest BCUT2D eigenvalue weighted by molar-refractivity contribution is 5.82. The number of aromatic nitrogens is 4. The fourth-order valence-electron chi connectivity index (χ4n) is 5.35. The van der Waals surface area contributed by atoms with Crippen molar-refractivity contribution < 1.29 is 4.79 Å². The first-order valence-electron chi connectivity index (χ1n) is 7.33. The van der Waals surface area contributed by atoms with Crippen LogP contribution in [0, 0.1) is 24.2 Å². The quantitative estimate of drug-likeness (QED) is 0.459. The molecular formula is C13H20N6O. The van der Waals surface area contributed by atoms with Crippen LogP contribution >= 0.6 is 0 Å². The highest BCUT2D eigenvalue weighted by Gasteiger charge is 2.62. The van der Waals surface area contributed by atoms with Gasteiger partial charge in [-0.1, -0.05) is 0 Å². The van der Waals surface area contributed by atoms with Crippen molar-refractivity contribution in [3.63, 3.8) is 0 Å². The molecule has 3 N–H and O–H groups in total. The summed E-state index contributed by atoms with van der Waals surface area (Å²) in [5, 5.41) is 12.7. The zero-order valence-corrected chi connectivity index (χ0v) is 11.7. The van der Waals surface area contributed by atoms with E-state index < -0.39 is 0 Å². The number of tetrazole rings is 1. The van der Waals surface area contributed by atoms with Gasteiger partial charge >= 0.3 is 0 Å². The van der Waals surface area contributed by atoms with Gasteiger partial charge in [-0.15, -0.1) is 10.2 Å². The third-order valence-corrected chi connectivity index (χ3v) is 5.58. The Hall–Kier alpha value is -1.50. The molecule has 0 aliphatic heterocycles. The van der Waals surface area contributed by atoms with Gasteiger partial charge < -0.3 is 0 Å². The van der Waals surface area contributed by atoms with Gasteiger partial charge in [0.2, 0.25) is 5.91 Å². The molecule has 0 saturated heterocycles. The lowest BCUT2D eigenvalue weighted by Gasteiger charge is -2.60. The van der Waals surface area contributed by atoms with E-state index in [1.54, 1.807) is 4.80 Å². The smallest absolute Gasteiger partial charge is 0.240 e. The van der Waals surface area contributed by atoms with Crippen molar-refractivity contribution in [3.05, 3.63) is 5.82 Å². The standard InChI is InChI=1S/C13H20N6O/c1-8-16-18-19(17-8)13-5-9-2-10(6-13)4-12(3-9,7-13)11(20)15-14/h9-10H,2-7,14H2,1H3,(H,15,20)/t9-,10-,12?,13?/m1/s1. The van der Waals surface area contributed by atoms with Gasteiger partial charge in [0.15, 0.2) is 5.82 Å². The molecule has 7 heteroatoms. The molecule has 1 amide bonds. The number of aryl methyl sites for hydroxylation is 1. The topological polar surface area (TPSA) is 98.7 Å². The van der Waals surface area contributed by atoms with Gasteiger partial charge in [0.05, 0.1) is 11.0 Å². The Kier molecular flexibility index (Phi) is 2.32. The molecule has 7 nitrogen and oxygen atoms in total. The van der Waals surface area contributed by atoms with Crippen molar-refractivity contribution >= 4 is 5.91 Å². The molecule has 0 spiro atoms. The maximum atomic E-state index is 12.3. The van der Waals surface area contributed by atoms with Crippen LogP contribution in [-0.2, 0) is 10.3 Å². The zero-order chi connectivity index (χ0) is 14.0. The van der Waals surface area contributed by atoms with Crippen molar-refractivity contribution in [1.29, 1.82) is 0 Å². The second-order valence-corrected chi connectivity index (χ2v) is 7.07. The summed E-state index contributed by atoms with van der Waals surface area (Å²) < 4.78 is 0. The van der Waals surface area contributed by atoms with Crippen LogP contribution in [0.1, 0.15) is 44.3 Å². The first-order valence-corrected chi connectivity index (χ1v) is 7.33. The Morgan fingerprint density at radius 1 is 1.35 bits per heavy atom. The highest BCUT2D eigenvalue weighted by Crippen LogP contribution is 2.63. The summed E-state index contributed by atoms with van der Waals surface area (Å²) in [5.74, 6) is 7.28. The Balaban J connectivity index is 1.77. The van der Waals surface area contributed by atoms with Crippen LogP contribution < -0.4 is 11.3 Å². The number of nitrogens with zero attached hydrogens (tertiary/aromatic N) is 4. The maximum absolute atomic E-state index is 12.3. The molecule has 5 rings (SSSR count). The largest absolute Gasteiger partial charge is 0.294 e. The lowest BCUT2D eigenvalue weighted by atomic mass is 9.46. The SMILES string of the molecule is Cc1nnn(C23C[C@@H]4C[C@H](CC(C(=O)NN)(C4)C2)C3)n1. The number of amides is 1. The maximum Gasteiger partial charge on any atom is 0.240 e. The van der Waals surface area contributed by atoms with Crippen LogP contribution in [0.3, 0.4) is 0 Å². The Labute approximate surface area is 117 Å². The average molecular weight is 276 g/mol. The number of carbonyl (C=O) groups excluding carboxylic acids is 1. The molecule has 1 aromatic rings. The second kappa shape index (κ2) is 3.78. The van der Waals surface area contributed by atoms with Gasteiger partial charge in [0.1, 0.15) is 0 Å². The minimum atomic E-state index is -0.319. The lowest BCUT2D eigenvalue weighted by Crippen LogP contribution is -2.62. The Morgan fingerprint density at radius 2 is 2.05 bits per heavy atom. The minimum absolute atomic E-state index is 0.00666. The van der Waals surface area contributed by atoms with E-state index in [4.69, 9.17) is 5.84 Å². The van der Waals surface area contributed by atoms with Gasteiger partial charge in [0, 0.05) is 0 Å². The third-order valence-electron chi connectivity index (χ3n) is 5.58. The molecule has 108 valence electrons. The van der Waals surface area contributed by atoms with E-state index in [-0.39, 0.29) is 16.9 Å². The molecule has 2 atom stereocenters. The molecule has 4 bridgehead atoms. The molecule has 4 aliphatic rings. The fraction of sp³-hybridized carbons (Fsp3) is 0.846. The minimum Gasteiger partial charge on any atom is -0.294 e. The van der Waals surface area contributed by atoms with E-state index in [1.165, 1.54) is 6.42 Å². The van der Waals surface area contributed by atoms with Crippen LogP contribution in [0.2, 0.25) is 0 Å². The Bertz CT molecular complexity index is 553. The van der Waals surface area contributed by atoms with Crippen LogP contribution in [0.15, 0.2) is 0 Å². The van der Waals surface area contributed by atoms with E-state index >= 15 is 0 Å². The predicted molar refractivity (Wildman–Crippen MR) is 70.0 cm³/mol. The van der Waals surface area contributed by atoms with Crippen LogP contribution in [-0.4, -0.2) is 26.1 Å². The zero-order valence-electron chi connectivity index (χ0n) is 11.7. The predicted octanol–water partition coefficient (Wildman–Crippen LogP) is 0.267. The van der Waals surface area contributed by atoms with Crippen LogP contribution in [0.4, 0.5) is 0 Å². The first kappa shape index (κ1) is 12.3. The van der Waals surface area contributed by atoms with E-state index in [0.717, 1.165) is 32.1 Å². The van der Waals surface area contributed by atoms with Gasteiger partial charge in [-0.2, -0.15) is 4.80 Å². The van der Waals surface area contributed by atoms with Gasteiger partial charge in [0.25, 0.3) is 0 Å². The number of hydrazine groups is 1. The lowest BCUT2D eigenvalue weighted by molar-refractivity contribution is -0.157. The summed E-state index contributed by atoms with van der Waals surface area (Å²) in [6.45, 7) is 1.85. The summed E-state index contributed by atoms with van der Waals surface area (Å²) in [7, 11) is 0. The van der Waals surface area contributed by atoms with Crippen molar-refractivity contribution in [2.75, 3.05) is 0 Å². The summed E-state index contributed by atoms with van der Waals surface area (Å²) in [4.78, 5) is 14.1. The molecule has 20 heavy (non-hydrogen) atoms. The van der Waals surface area contributed by atoms with E-state index in [2.05, 4.69) is 20.8 Å². The van der Waals surface area contributed by atoms with Gasteiger partial charge in [-0.3, -0.25) is 10.2 Å². The summed E-state index contributed by atoms with van der Waals surface area (Å²) in [6.07, 6.45) is 6.09. The highest BCUT2D eigenvalue weighted by atomic mass is 16.2. The average Bonchev–Trinajstić information content (AvgIpc) is 2.84. The Morgan fingerprint density at radius 3 is 2.60 bits per heavy atom. The van der Waals surface area contributed by atoms with Crippen molar-refractivity contribution in [1.82, 2.24) is 25.6 Å². The van der Waals surface area contributed by atoms with Crippen molar-refractivity contribution in [3.8, 4) is 0 Å². The van der Waals surface area contributed by atoms with Crippen LogP contribution in [0.5, 0.6) is 0 Å². The van der Waals surface area contributed by atoms with Crippen molar-refractivity contribution in [2.24, 2.45) is 23.1 Å². The fourth-order valence-corrected chi connectivity index (χ4v) is 5.35. The molecule has 0 aromatic carbocycles. The molecular weight excluding hydrogens is 256 g/mol. The molecule has 0 unspecified atom stereocenters. The van der Waals surface area contributed by atoms with E-state index in [1.807, 2.05) is 6.92 Å². The molecule has 4 saturated carbocycles. The number of nitrogens with one attached hydrogen (secondary N) is 1. The number of hydrogen-bond acceptors (Lipinski definition) is 5. The molecule has 1 heterocycles. The summed E-state index contributed by atoms with van der Waals surface area (Å²) >= 11 is 0. The normalized spacial score (nSPS) is 41.9. The molecule has 0 radical (unpaired) electrons. The number of hydrogen-bond donors (Lipinski definition) is 2. The second-order valence-electron chi connectivity index (χ2n) is 7.07. The van der Waals surface area contributed by atoms with Crippen LogP contribution in [0.25, 0.3) is 0 Å².